The van der Waals surface area contributed by atoms with Gasteiger partial charge in [-0.2, -0.15) is 4.31 Å². The molecule has 3 aromatic carbocycles. The van der Waals surface area contributed by atoms with E-state index in [4.69, 9.17) is 9.47 Å². The average molecular weight is 594 g/mol. The van der Waals surface area contributed by atoms with Crippen molar-refractivity contribution in [2.45, 2.75) is 44.5 Å². The summed E-state index contributed by atoms with van der Waals surface area (Å²) < 4.78 is 37.8. The smallest absolute Gasteiger partial charge is 0.243 e. The number of amides is 2. The van der Waals surface area contributed by atoms with Crippen molar-refractivity contribution in [1.82, 2.24) is 14.5 Å². The molecule has 9 nitrogen and oxygen atoms in total. The van der Waals surface area contributed by atoms with Gasteiger partial charge in [0.15, 0.2) is 0 Å². The van der Waals surface area contributed by atoms with Gasteiger partial charge in [-0.05, 0) is 41.7 Å². The van der Waals surface area contributed by atoms with E-state index in [0.717, 1.165) is 40.1 Å². The van der Waals surface area contributed by atoms with Gasteiger partial charge in [0, 0.05) is 32.7 Å². The van der Waals surface area contributed by atoms with E-state index in [1.54, 1.807) is 19.2 Å². The SMILES string of the molecule is COc1ccc(CN(C(=O)CN(Cc2ccccc2)S(C)(=O)=O)[C@@H](Cc2ccccc2)C(=O)NC[C@@H]2CCCO2)cc1. The van der Waals surface area contributed by atoms with Crippen molar-refractivity contribution in [3.63, 3.8) is 0 Å². The summed E-state index contributed by atoms with van der Waals surface area (Å²) in [5, 5.41) is 3.00. The van der Waals surface area contributed by atoms with Gasteiger partial charge in [0.05, 0.1) is 26.0 Å². The van der Waals surface area contributed by atoms with Crippen molar-refractivity contribution in [3.05, 3.63) is 102 Å². The first-order chi connectivity index (χ1) is 20.2. The minimum atomic E-state index is -3.75. The van der Waals surface area contributed by atoms with E-state index in [1.165, 1.54) is 4.90 Å². The van der Waals surface area contributed by atoms with Gasteiger partial charge in [0.25, 0.3) is 0 Å². The number of hydrogen-bond acceptors (Lipinski definition) is 6. The second-order valence-corrected chi connectivity index (χ2v) is 12.5. The Hall–Kier alpha value is -3.73. The fraction of sp³-hybridized carbons (Fsp3) is 0.375. The second kappa shape index (κ2) is 14.9. The summed E-state index contributed by atoms with van der Waals surface area (Å²) in [6, 6.07) is 25.0. The van der Waals surface area contributed by atoms with Gasteiger partial charge < -0.3 is 19.7 Å². The first-order valence-electron chi connectivity index (χ1n) is 14.1. The number of rotatable bonds is 14. The summed E-state index contributed by atoms with van der Waals surface area (Å²) >= 11 is 0. The molecule has 0 spiro atoms. The molecule has 10 heteroatoms. The molecule has 0 aromatic heterocycles. The Balaban J connectivity index is 1.65. The van der Waals surface area contributed by atoms with E-state index >= 15 is 0 Å². The van der Waals surface area contributed by atoms with Crippen molar-refractivity contribution in [2.75, 3.05) is 33.1 Å². The van der Waals surface area contributed by atoms with Crippen LogP contribution in [0.4, 0.5) is 0 Å². The lowest BCUT2D eigenvalue weighted by molar-refractivity contribution is -0.141. The van der Waals surface area contributed by atoms with E-state index in [-0.39, 0.29) is 31.5 Å². The monoisotopic (exact) mass is 593 g/mol. The maximum absolute atomic E-state index is 14.1. The lowest BCUT2D eigenvalue weighted by Crippen LogP contribution is -2.53. The standard InChI is InChI=1S/C32H39N3O6S/c1-40-28-17-15-27(16-18-28)23-35(31(36)24-34(42(2,38)39)22-26-12-7-4-8-13-26)30(20-25-10-5-3-6-11-25)32(37)33-21-29-14-9-19-41-29/h3-8,10-13,15-18,29-30H,9,14,19-24H2,1-2H3,(H,33,37)/t29-,30-/m0/s1. The summed E-state index contributed by atoms with van der Waals surface area (Å²) in [5.41, 5.74) is 2.42. The third-order valence-electron chi connectivity index (χ3n) is 7.29. The zero-order valence-electron chi connectivity index (χ0n) is 24.1. The molecule has 1 N–H and O–H groups in total. The van der Waals surface area contributed by atoms with Gasteiger partial charge in [-0.15, -0.1) is 0 Å². The van der Waals surface area contributed by atoms with E-state index in [1.807, 2.05) is 72.8 Å². The number of benzene rings is 3. The first kappa shape index (κ1) is 31.2. The van der Waals surface area contributed by atoms with Crippen LogP contribution in [-0.2, 0) is 43.9 Å². The highest BCUT2D eigenvalue weighted by atomic mass is 32.2. The zero-order chi connectivity index (χ0) is 30.0. The molecule has 42 heavy (non-hydrogen) atoms. The molecule has 3 aromatic rings. The lowest BCUT2D eigenvalue weighted by atomic mass is 10.0. The number of nitrogens with zero attached hydrogens (tertiary/aromatic N) is 2. The van der Waals surface area contributed by atoms with Gasteiger partial charge in [0.1, 0.15) is 11.8 Å². The van der Waals surface area contributed by atoms with Crippen molar-refractivity contribution in [3.8, 4) is 5.75 Å². The Kier molecular flexibility index (Phi) is 11.1. The summed E-state index contributed by atoms with van der Waals surface area (Å²) in [7, 11) is -2.17. The van der Waals surface area contributed by atoms with E-state index in [2.05, 4.69) is 5.32 Å². The normalized spacial score (nSPS) is 15.7. The van der Waals surface area contributed by atoms with Crippen LogP contribution in [0.25, 0.3) is 0 Å². The predicted octanol–water partition coefficient (Wildman–Crippen LogP) is 3.39. The molecule has 1 fully saturated rings. The molecule has 0 bridgehead atoms. The molecule has 0 unspecified atom stereocenters. The molecule has 1 aliphatic rings. The average Bonchev–Trinajstić information content (AvgIpc) is 3.52. The molecule has 0 saturated carbocycles. The van der Waals surface area contributed by atoms with E-state index < -0.39 is 28.5 Å². The molecule has 0 aliphatic carbocycles. The molecular formula is C32H39N3O6S. The largest absolute Gasteiger partial charge is 0.497 e. The predicted molar refractivity (Wildman–Crippen MR) is 161 cm³/mol. The Morgan fingerprint density at radius 1 is 0.929 bits per heavy atom. The molecule has 1 aliphatic heterocycles. The Bertz CT molecular complexity index is 1400. The van der Waals surface area contributed by atoms with Gasteiger partial charge >= 0.3 is 0 Å². The molecule has 1 saturated heterocycles. The van der Waals surface area contributed by atoms with Gasteiger partial charge in [-0.1, -0.05) is 72.8 Å². The summed E-state index contributed by atoms with van der Waals surface area (Å²) in [5.74, 6) is -0.122. The first-order valence-corrected chi connectivity index (χ1v) is 15.9. The van der Waals surface area contributed by atoms with Crippen LogP contribution >= 0.6 is 0 Å². The Morgan fingerprint density at radius 2 is 1.55 bits per heavy atom. The highest BCUT2D eigenvalue weighted by Crippen LogP contribution is 2.19. The van der Waals surface area contributed by atoms with Crippen molar-refractivity contribution in [1.29, 1.82) is 0 Å². The number of ether oxygens (including phenoxy) is 2. The number of carbonyl (C=O) groups excluding carboxylic acids is 2. The molecule has 2 atom stereocenters. The lowest BCUT2D eigenvalue weighted by Gasteiger charge is -2.33. The Labute approximate surface area is 248 Å². The van der Waals surface area contributed by atoms with Crippen molar-refractivity contribution < 1.29 is 27.5 Å². The maximum atomic E-state index is 14.1. The van der Waals surface area contributed by atoms with Crippen molar-refractivity contribution in [2.24, 2.45) is 0 Å². The molecular weight excluding hydrogens is 554 g/mol. The molecule has 4 rings (SSSR count). The maximum Gasteiger partial charge on any atom is 0.243 e. The summed E-state index contributed by atoms with van der Waals surface area (Å²) in [4.78, 5) is 29.4. The van der Waals surface area contributed by atoms with E-state index in [0.29, 0.717) is 18.9 Å². The van der Waals surface area contributed by atoms with Gasteiger partial charge in [0.2, 0.25) is 21.8 Å². The highest BCUT2D eigenvalue weighted by Gasteiger charge is 2.33. The third kappa shape index (κ3) is 9.14. The fourth-order valence-electron chi connectivity index (χ4n) is 4.94. The van der Waals surface area contributed by atoms with Crippen LogP contribution in [0.2, 0.25) is 0 Å². The van der Waals surface area contributed by atoms with Crippen molar-refractivity contribution >= 4 is 21.8 Å². The van der Waals surface area contributed by atoms with Crippen LogP contribution in [0.1, 0.15) is 29.5 Å². The minimum Gasteiger partial charge on any atom is -0.497 e. The second-order valence-electron chi connectivity index (χ2n) is 10.5. The van der Waals surface area contributed by atoms with Crippen LogP contribution in [0, 0.1) is 0 Å². The summed E-state index contributed by atoms with van der Waals surface area (Å²) in [6.07, 6.45) is 3.09. The molecule has 1 heterocycles. The Morgan fingerprint density at radius 3 is 2.12 bits per heavy atom. The van der Waals surface area contributed by atoms with Crippen LogP contribution in [0.15, 0.2) is 84.9 Å². The molecule has 2 amide bonds. The quantitative estimate of drug-likeness (QED) is 0.307. The minimum absolute atomic E-state index is 0.0381. The van der Waals surface area contributed by atoms with E-state index in [9.17, 15) is 18.0 Å². The van der Waals surface area contributed by atoms with Crippen LogP contribution < -0.4 is 10.1 Å². The number of methoxy groups -OCH3 is 1. The van der Waals surface area contributed by atoms with Gasteiger partial charge in [-0.3, -0.25) is 9.59 Å². The van der Waals surface area contributed by atoms with Gasteiger partial charge in [-0.25, -0.2) is 8.42 Å². The molecule has 0 radical (unpaired) electrons. The fourth-order valence-corrected chi connectivity index (χ4v) is 5.67. The third-order valence-corrected chi connectivity index (χ3v) is 8.49. The van der Waals surface area contributed by atoms with Crippen LogP contribution in [-0.4, -0.2) is 74.6 Å². The molecule has 224 valence electrons. The topological polar surface area (TPSA) is 105 Å². The zero-order valence-corrected chi connectivity index (χ0v) is 25.0. The number of sulfonamides is 1. The number of hydrogen-bond donors (Lipinski definition) is 1. The number of nitrogens with one attached hydrogen (secondary N) is 1. The summed E-state index contributed by atoms with van der Waals surface area (Å²) in [6.45, 7) is 0.748. The van der Waals surface area contributed by atoms with Crippen LogP contribution in [0.5, 0.6) is 5.75 Å². The van der Waals surface area contributed by atoms with Crippen LogP contribution in [0.3, 0.4) is 0 Å². The number of carbonyl (C=O) groups is 2. The highest BCUT2D eigenvalue weighted by molar-refractivity contribution is 7.88.